The summed E-state index contributed by atoms with van der Waals surface area (Å²) in [6.07, 6.45) is 2.63. The molecule has 0 amide bonds. The van der Waals surface area contributed by atoms with Gasteiger partial charge in [0.05, 0.1) is 0 Å². The van der Waals surface area contributed by atoms with Crippen molar-refractivity contribution in [2.24, 2.45) is 5.92 Å². The zero-order valence-electron chi connectivity index (χ0n) is 9.31. The first-order chi connectivity index (χ1) is 7.25. The number of hydrogen-bond donors (Lipinski definition) is 1. The number of piperidine rings is 1. The maximum atomic E-state index is 4.01. The Morgan fingerprint density at radius 1 is 1.67 bits per heavy atom. The van der Waals surface area contributed by atoms with Crippen LogP contribution >= 0.6 is 11.3 Å². The van der Waals surface area contributed by atoms with E-state index in [2.05, 4.69) is 34.4 Å². The molecule has 1 aliphatic heterocycles. The molecule has 4 nitrogen and oxygen atoms in total. The van der Waals surface area contributed by atoms with Crippen LogP contribution in [0.2, 0.25) is 0 Å². The van der Waals surface area contributed by atoms with Gasteiger partial charge in [-0.25, -0.2) is 0 Å². The Kier molecular flexibility index (Phi) is 3.53. The lowest BCUT2D eigenvalue weighted by Crippen LogP contribution is -2.39. The van der Waals surface area contributed by atoms with Crippen LogP contribution in [0.25, 0.3) is 0 Å². The van der Waals surface area contributed by atoms with Crippen LogP contribution in [-0.4, -0.2) is 41.3 Å². The molecule has 1 aromatic heterocycles. The Bertz CT molecular complexity index is 288. The molecule has 1 aromatic rings. The normalized spacial score (nSPS) is 25.1. The van der Waals surface area contributed by atoms with E-state index in [9.17, 15) is 0 Å². The molecule has 0 aliphatic carbocycles. The summed E-state index contributed by atoms with van der Waals surface area (Å²) < 4.78 is 0. The number of anilines is 1. The van der Waals surface area contributed by atoms with Gasteiger partial charge in [0.1, 0.15) is 5.51 Å². The first kappa shape index (κ1) is 10.8. The van der Waals surface area contributed by atoms with Gasteiger partial charge in [-0.15, -0.1) is 10.2 Å². The van der Waals surface area contributed by atoms with Gasteiger partial charge in [0.25, 0.3) is 0 Å². The predicted octanol–water partition coefficient (Wildman–Crippen LogP) is 1.68. The molecule has 15 heavy (non-hydrogen) atoms. The molecule has 1 fully saturated rings. The molecule has 2 unspecified atom stereocenters. The van der Waals surface area contributed by atoms with Gasteiger partial charge in [0, 0.05) is 12.6 Å². The minimum atomic E-state index is 0.487. The number of likely N-dealkylation sites (tertiary alicyclic amines) is 1. The van der Waals surface area contributed by atoms with E-state index in [1.54, 1.807) is 16.8 Å². The van der Waals surface area contributed by atoms with E-state index < -0.39 is 0 Å². The van der Waals surface area contributed by atoms with Crippen LogP contribution in [0, 0.1) is 5.92 Å². The second-order valence-corrected chi connectivity index (χ2v) is 5.17. The quantitative estimate of drug-likeness (QED) is 0.851. The van der Waals surface area contributed by atoms with Crippen molar-refractivity contribution in [3.63, 3.8) is 0 Å². The van der Waals surface area contributed by atoms with Crippen LogP contribution in [0.15, 0.2) is 5.51 Å². The van der Waals surface area contributed by atoms with Crippen LogP contribution in [0.4, 0.5) is 5.13 Å². The van der Waals surface area contributed by atoms with Gasteiger partial charge in [-0.2, -0.15) is 0 Å². The third-order valence-corrected chi connectivity index (χ3v) is 3.70. The first-order valence-corrected chi connectivity index (χ1v) is 6.35. The third kappa shape index (κ3) is 2.89. The Hall–Kier alpha value is -0.680. The molecule has 2 atom stereocenters. The molecular formula is C10H18N4S. The number of aromatic nitrogens is 2. The SMILES string of the molecule is CC(Nc1nncs1)C1CCCN(C)C1. The van der Waals surface area contributed by atoms with E-state index >= 15 is 0 Å². The van der Waals surface area contributed by atoms with Gasteiger partial charge in [0.15, 0.2) is 0 Å². The minimum Gasteiger partial charge on any atom is -0.357 e. The molecular weight excluding hydrogens is 208 g/mol. The van der Waals surface area contributed by atoms with Crippen molar-refractivity contribution in [3.05, 3.63) is 5.51 Å². The summed E-state index contributed by atoms with van der Waals surface area (Å²) in [4.78, 5) is 2.41. The number of nitrogens with zero attached hydrogens (tertiary/aromatic N) is 3. The van der Waals surface area contributed by atoms with E-state index in [-0.39, 0.29) is 0 Å². The third-order valence-electron chi connectivity index (χ3n) is 3.08. The molecule has 2 rings (SSSR count). The zero-order valence-corrected chi connectivity index (χ0v) is 10.1. The topological polar surface area (TPSA) is 41.1 Å². The summed E-state index contributed by atoms with van der Waals surface area (Å²) in [5.41, 5.74) is 1.77. The second kappa shape index (κ2) is 4.90. The minimum absolute atomic E-state index is 0.487. The molecule has 0 aromatic carbocycles. The summed E-state index contributed by atoms with van der Waals surface area (Å²) in [6.45, 7) is 4.67. The Morgan fingerprint density at radius 2 is 2.53 bits per heavy atom. The molecule has 1 aliphatic rings. The van der Waals surface area contributed by atoms with Crippen LogP contribution in [-0.2, 0) is 0 Å². The van der Waals surface area contributed by atoms with Crippen molar-refractivity contribution in [2.75, 3.05) is 25.5 Å². The fourth-order valence-electron chi connectivity index (χ4n) is 2.16. The maximum Gasteiger partial charge on any atom is 0.205 e. The molecule has 5 heteroatoms. The van der Waals surface area contributed by atoms with Crippen LogP contribution < -0.4 is 5.32 Å². The highest BCUT2D eigenvalue weighted by Crippen LogP contribution is 2.21. The van der Waals surface area contributed by atoms with E-state index in [0.29, 0.717) is 6.04 Å². The molecule has 0 spiro atoms. The van der Waals surface area contributed by atoms with Gasteiger partial charge < -0.3 is 10.2 Å². The lowest BCUT2D eigenvalue weighted by molar-refractivity contribution is 0.197. The zero-order chi connectivity index (χ0) is 10.7. The number of hydrogen-bond acceptors (Lipinski definition) is 5. The Morgan fingerprint density at radius 3 is 3.20 bits per heavy atom. The van der Waals surface area contributed by atoms with Gasteiger partial charge in [-0.1, -0.05) is 11.3 Å². The lowest BCUT2D eigenvalue weighted by Gasteiger charge is -2.33. The highest BCUT2D eigenvalue weighted by Gasteiger charge is 2.23. The maximum absolute atomic E-state index is 4.01. The summed E-state index contributed by atoms with van der Waals surface area (Å²) in [7, 11) is 2.20. The first-order valence-electron chi connectivity index (χ1n) is 5.47. The van der Waals surface area contributed by atoms with Crippen molar-refractivity contribution in [3.8, 4) is 0 Å². The highest BCUT2D eigenvalue weighted by molar-refractivity contribution is 7.13. The fourth-order valence-corrected chi connectivity index (χ4v) is 2.71. The van der Waals surface area contributed by atoms with Gasteiger partial charge in [-0.3, -0.25) is 0 Å². The van der Waals surface area contributed by atoms with Crippen LogP contribution in [0.5, 0.6) is 0 Å². The fraction of sp³-hybridized carbons (Fsp3) is 0.800. The molecule has 0 bridgehead atoms. The lowest BCUT2D eigenvalue weighted by atomic mass is 9.92. The smallest absolute Gasteiger partial charge is 0.205 e. The summed E-state index contributed by atoms with van der Waals surface area (Å²) in [5, 5.41) is 12.2. The molecule has 0 radical (unpaired) electrons. The summed E-state index contributed by atoms with van der Waals surface area (Å²) in [6, 6.07) is 0.487. The van der Waals surface area contributed by atoms with E-state index in [4.69, 9.17) is 0 Å². The molecule has 0 saturated carbocycles. The molecule has 2 heterocycles. The van der Waals surface area contributed by atoms with E-state index in [0.717, 1.165) is 11.0 Å². The standard InChI is InChI=1S/C10H18N4S/c1-8(12-10-13-11-7-15-10)9-4-3-5-14(2)6-9/h7-9H,3-6H2,1-2H3,(H,12,13). The van der Waals surface area contributed by atoms with Gasteiger partial charge in [0.2, 0.25) is 5.13 Å². The number of nitrogens with one attached hydrogen (secondary N) is 1. The average molecular weight is 226 g/mol. The van der Waals surface area contributed by atoms with Crippen molar-refractivity contribution < 1.29 is 0 Å². The predicted molar refractivity (Wildman–Crippen MR) is 63.2 cm³/mol. The Balaban J connectivity index is 1.87. The second-order valence-electron chi connectivity index (χ2n) is 4.34. The molecule has 1 saturated heterocycles. The van der Waals surface area contributed by atoms with Crippen LogP contribution in [0.1, 0.15) is 19.8 Å². The number of rotatable bonds is 3. The van der Waals surface area contributed by atoms with Crippen molar-refractivity contribution in [2.45, 2.75) is 25.8 Å². The molecule has 84 valence electrons. The summed E-state index contributed by atoms with van der Waals surface area (Å²) >= 11 is 1.57. The summed E-state index contributed by atoms with van der Waals surface area (Å²) in [5.74, 6) is 0.729. The van der Waals surface area contributed by atoms with Gasteiger partial charge >= 0.3 is 0 Å². The highest BCUT2D eigenvalue weighted by atomic mass is 32.1. The monoisotopic (exact) mass is 226 g/mol. The van der Waals surface area contributed by atoms with Crippen molar-refractivity contribution >= 4 is 16.5 Å². The Labute approximate surface area is 94.7 Å². The van der Waals surface area contributed by atoms with Crippen LogP contribution in [0.3, 0.4) is 0 Å². The van der Waals surface area contributed by atoms with Crippen molar-refractivity contribution in [1.82, 2.24) is 15.1 Å². The van der Waals surface area contributed by atoms with E-state index in [1.807, 2.05) is 0 Å². The van der Waals surface area contributed by atoms with E-state index in [1.165, 1.54) is 25.9 Å². The average Bonchev–Trinajstić information content (AvgIpc) is 2.70. The van der Waals surface area contributed by atoms with Crippen molar-refractivity contribution in [1.29, 1.82) is 0 Å². The molecule has 1 N–H and O–H groups in total. The largest absolute Gasteiger partial charge is 0.357 e. The van der Waals surface area contributed by atoms with Gasteiger partial charge in [-0.05, 0) is 39.3 Å².